The second-order valence-corrected chi connectivity index (χ2v) is 6.75. The average Bonchev–Trinajstić information content (AvgIpc) is 3.22. The molecule has 2 heterocycles. The molecule has 0 bridgehead atoms. The number of morpholine rings is 1. The zero-order chi connectivity index (χ0) is 15.6. The largest absolute Gasteiger partial charge is 0.404 e. The van der Waals surface area contributed by atoms with Gasteiger partial charge in [0, 0.05) is 37.3 Å². The van der Waals surface area contributed by atoms with Crippen molar-refractivity contribution in [2.24, 2.45) is 0 Å². The quantitative estimate of drug-likeness (QED) is 0.748. The summed E-state index contributed by atoms with van der Waals surface area (Å²) < 4.78 is 47.1. The molecule has 1 aliphatic heterocycles. The number of nitrogens with zero attached hydrogens (tertiary/aromatic N) is 3. The highest BCUT2D eigenvalue weighted by Crippen LogP contribution is 2.38. The first kappa shape index (κ1) is 16.1. The lowest BCUT2D eigenvalue weighted by Gasteiger charge is -2.35. The summed E-state index contributed by atoms with van der Waals surface area (Å²) >= 11 is 1.42. The molecule has 0 N–H and O–H groups in total. The molecule has 2 aliphatic rings. The maximum Gasteiger partial charge on any atom is 0.404 e. The van der Waals surface area contributed by atoms with E-state index in [4.69, 9.17) is 4.74 Å². The maximum absolute atomic E-state index is 13.3. The van der Waals surface area contributed by atoms with Gasteiger partial charge < -0.3 is 9.30 Å². The van der Waals surface area contributed by atoms with Gasteiger partial charge in [0.25, 0.3) is 0 Å². The van der Waals surface area contributed by atoms with Crippen molar-refractivity contribution in [3.63, 3.8) is 0 Å². The topological polar surface area (TPSA) is 30.3 Å². The van der Waals surface area contributed by atoms with E-state index in [2.05, 4.69) is 9.55 Å². The van der Waals surface area contributed by atoms with E-state index in [0.717, 1.165) is 18.0 Å². The fraction of sp³-hybridized carbons (Fsp3) is 0.786. The smallest absolute Gasteiger partial charge is 0.379 e. The minimum Gasteiger partial charge on any atom is -0.379 e. The van der Waals surface area contributed by atoms with Gasteiger partial charge in [0.2, 0.25) is 0 Å². The molecule has 0 amide bonds. The molecule has 0 aromatic carbocycles. The molecular formula is C14H20F3N3OS. The Morgan fingerprint density at radius 2 is 2.05 bits per heavy atom. The number of rotatable bonds is 6. The number of halogens is 3. The summed E-state index contributed by atoms with van der Waals surface area (Å²) in [5.41, 5.74) is 0. The molecule has 1 saturated heterocycles. The molecule has 1 unspecified atom stereocenters. The number of alkyl halides is 3. The first-order valence-electron chi connectivity index (χ1n) is 7.60. The van der Waals surface area contributed by atoms with Gasteiger partial charge in [-0.3, -0.25) is 4.90 Å². The van der Waals surface area contributed by atoms with Crippen molar-refractivity contribution in [3.05, 3.63) is 12.4 Å². The van der Waals surface area contributed by atoms with E-state index in [0.29, 0.717) is 38.1 Å². The van der Waals surface area contributed by atoms with Gasteiger partial charge in [-0.05, 0) is 19.3 Å². The monoisotopic (exact) mass is 335 g/mol. The molecule has 0 spiro atoms. The second-order valence-electron chi connectivity index (χ2n) is 5.69. The summed E-state index contributed by atoms with van der Waals surface area (Å²) in [7, 11) is 0. The van der Waals surface area contributed by atoms with Gasteiger partial charge in [0.15, 0.2) is 5.16 Å². The molecule has 4 nitrogen and oxygen atoms in total. The third-order valence-electron chi connectivity index (χ3n) is 4.06. The molecule has 1 aromatic heterocycles. The Balaban J connectivity index is 1.55. The molecule has 1 aliphatic carbocycles. The fourth-order valence-corrected chi connectivity index (χ4v) is 3.76. The summed E-state index contributed by atoms with van der Waals surface area (Å²) in [6, 6.07) is -0.879. The molecule has 0 radical (unpaired) electrons. The Labute approximate surface area is 132 Å². The third-order valence-corrected chi connectivity index (χ3v) is 5.07. The molecule has 1 saturated carbocycles. The van der Waals surface area contributed by atoms with Crippen molar-refractivity contribution in [2.75, 3.05) is 32.1 Å². The van der Waals surface area contributed by atoms with Crippen LogP contribution in [0.5, 0.6) is 0 Å². The van der Waals surface area contributed by atoms with E-state index >= 15 is 0 Å². The van der Waals surface area contributed by atoms with Crippen LogP contribution in [0.25, 0.3) is 0 Å². The maximum atomic E-state index is 13.3. The predicted octanol–water partition coefficient (Wildman–Crippen LogP) is 2.96. The van der Waals surface area contributed by atoms with E-state index in [1.807, 2.05) is 6.20 Å². The summed E-state index contributed by atoms with van der Waals surface area (Å²) in [6.45, 7) is 1.47. The van der Waals surface area contributed by atoms with Gasteiger partial charge in [0.05, 0.1) is 13.2 Å². The SMILES string of the molecule is FC(F)(F)C(CCSc1nccn1C1CC1)N1CCOCC1. The molecular weight excluding hydrogens is 315 g/mol. The Kier molecular flexibility index (Phi) is 4.99. The van der Waals surface area contributed by atoms with Crippen LogP contribution in [0.3, 0.4) is 0 Å². The zero-order valence-electron chi connectivity index (χ0n) is 12.3. The van der Waals surface area contributed by atoms with Crippen LogP contribution in [0.1, 0.15) is 25.3 Å². The van der Waals surface area contributed by atoms with Gasteiger partial charge in [0.1, 0.15) is 6.04 Å². The highest BCUT2D eigenvalue weighted by molar-refractivity contribution is 7.99. The zero-order valence-corrected chi connectivity index (χ0v) is 13.1. The van der Waals surface area contributed by atoms with Crippen molar-refractivity contribution in [1.82, 2.24) is 14.5 Å². The van der Waals surface area contributed by atoms with E-state index < -0.39 is 12.2 Å². The number of ether oxygens (including phenoxy) is 1. The van der Waals surface area contributed by atoms with Crippen molar-refractivity contribution >= 4 is 11.8 Å². The van der Waals surface area contributed by atoms with E-state index in [9.17, 15) is 13.2 Å². The Morgan fingerprint density at radius 1 is 1.32 bits per heavy atom. The standard InChI is InChI=1S/C14H20F3N3OS/c15-14(16,17)12(19-6-8-21-9-7-19)3-10-22-13-18-4-5-20(13)11-1-2-11/h4-5,11-12H,1-3,6-10H2. The Hall–Kier alpha value is -0.730. The van der Waals surface area contributed by atoms with Crippen LogP contribution in [0.4, 0.5) is 13.2 Å². The second kappa shape index (κ2) is 6.80. The van der Waals surface area contributed by atoms with Gasteiger partial charge >= 0.3 is 6.18 Å². The number of imidazole rings is 1. The molecule has 2 fully saturated rings. The Morgan fingerprint density at radius 3 is 2.68 bits per heavy atom. The number of aromatic nitrogens is 2. The number of thioether (sulfide) groups is 1. The fourth-order valence-electron chi connectivity index (χ4n) is 2.75. The van der Waals surface area contributed by atoms with Gasteiger partial charge in [-0.1, -0.05) is 11.8 Å². The van der Waals surface area contributed by atoms with E-state index in [1.54, 1.807) is 6.20 Å². The minimum atomic E-state index is -4.19. The third kappa shape index (κ3) is 3.97. The molecule has 1 aromatic rings. The summed E-state index contributed by atoms with van der Waals surface area (Å²) in [6.07, 6.45) is 1.83. The van der Waals surface area contributed by atoms with Gasteiger partial charge in [-0.2, -0.15) is 13.2 Å². The van der Waals surface area contributed by atoms with Crippen LogP contribution in [0, 0.1) is 0 Å². The number of hydrogen-bond donors (Lipinski definition) is 0. The average molecular weight is 335 g/mol. The van der Waals surface area contributed by atoms with Crippen LogP contribution in [0.2, 0.25) is 0 Å². The summed E-state index contributed by atoms with van der Waals surface area (Å²) in [5, 5.41) is 0.838. The van der Waals surface area contributed by atoms with Gasteiger partial charge in [-0.15, -0.1) is 0 Å². The highest BCUT2D eigenvalue weighted by atomic mass is 32.2. The lowest BCUT2D eigenvalue weighted by molar-refractivity contribution is -0.192. The van der Waals surface area contributed by atoms with E-state index in [1.165, 1.54) is 16.7 Å². The molecule has 1 atom stereocenters. The van der Waals surface area contributed by atoms with Crippen LogP contribution in [-0.4, -0.2) is 58.7 Å². The molecule has 22 heavy (non-hydrogen) atoms. The number of hydrogen-bond acceptors (Lipinski definition) is 4. The highest BCUT2D eigenvalue weighted by Gasteiger charge is 2.43. The van der Waals surface area contributed by atoms with Crippen molar-refractivity contribution in [1.29, 1.82) is 0 Å². The van der Waals surface area contributed by atoms with Crippen molar-refractivity contribution in [2.45, 2.75) is 42.7 Å². The predicted molar refractivity (Wildman–Crippen MR) is 78.1 cm³/mol. The summed E-state index contributed by atoms with van der Waals surface area (Å²) in [4.78, 5) is 5.76. The molecule has 124 valence electrons. The van der Waals surface area contributed by atoms with Gasteiger partial charge in [-0.25, -0.2) is 4.98 Å². The Bertz CT molecular complexity index is 484. The van der Waals surface area contributed by atoms with Crippen molar-refractivity contribution in [3.8, 4) is 0 Å². The lowest BCUT2D eigenvalue weighted by Crippen LogP contribution is -2.50. The van der Waals surface area contributed by atoms with Crippen LogP contribution < -0.4 is 0 Å². The van der Waals surface area contributed by atoms with E-state index in [-0.39, 0.29) is 6.42 Å². The molecule has 3 rings (SSSR count). The van der Waals surface area contributed by atoms with Crippen LogP contribution in [0.15, 0.2) is 17.6 Å². The first-order chi connectivity index (χ1) is 10.6. The van der Waals surface area contributed by atoms with Crippen LogP contribution >= 0.6 is 11.8 Å². The normalized spacial score (nSPS) is 22.0. The van der Waals surface area contributed by atoms with Crippen LogP contribution in [-0.2, 0) is 4.74 Å². The minimum absolute atomic E-state index is 0.0890. The van der Waals surface area contributed by atoms with Crippen molar-refractivity contribution < 1.29 is 17.9 Å². The lowest BCUT2D eigenvalue weighted by atomic mass is 10.1. The molecule has 8 heteroatoms. The summed E-state index contributed by atoms with van der Waals surface area (Å²) in [5.74, 6) is 0.422. The first-order valence-corrected chi connectivity index (χ1v) is 8.58.